The van der Waals surface area contributed by atoms with Crippen molar-refractivity contribution in [3.05, 3.63) is 39.3 Å². The molecule has 0 unspecified atom stereocenters. The summed E-state index contributed by atoms with van der Waals surface area (Å²) in [6.45, 7) is 0. The van der Waals surface area contributed by atoms with Crippen molar-refractivity contribution in [3.8, 4) is 0 Å². The number of fused-ring (bicyclic) bond motifs is 1. The average molecular weight is 236 g/mol. The van der Waals surface area contributed by atoms with E-state index in [1.54, 1.807) is 6.07 Å². The monoisotopic (exact) mass is 235 g/mol. The maximum absolute atomic E-state index is 11.1. The van der Waals surface area contributed by atoms with Crippen LogP contribution in [-0.4, -0.2) is 15.0 Å². The van der Waals surface area contributed by atoms with Crippen LogP contribution in [0.2, 0.25) is 0 Å². The number of nitrogens with zero attached hydrogens (tertiary/aromatic N) is 1. The van der Waals surface area contributed by atoms with Crippen molar-refractivity contribution in [2.45, 2.75) is 0 Å². The van der Waals surface area contributed by atoms with Crippen LogP contribution in [0.5, 0.6) is 0 Å². The second kappa shape index (κ2) is 4.78. The zero-order valence-corrected chi connectivity index (χ0v) is 8.45. The summed E-state index contributed by atoms with van der Waals surface area (Å²) in [4.78, 5) is 30.2. The molecule has 0 saturated carbocycles. The van der Waals surface area contributed by atoms with Gasteiger partial charge < -0.3 is 4.98 Å². The summed E-state index contributed by atoms with van der Waals surface area (Å²) < 4.78 is 0. The SMILES string of the molecule is Cl.Cl.O=c1[nH]c(=O)c2ccncc2[nH]1. The van der Waals surface area contributed by atoms with Crippen LogP contribution in [0.3, 0.4) is 0 Å². The quantitative estimate of drug-likeness (QED) is 0.697. The highest BCUT2D eigenvalue weighted by Gasteiger charge is 1.97. The van der Waals surface area contributed by atoms with Crippen molar-refractivity contribution in [3.63, 3.8) is 0 Å². The first-order chi connectivity index (χ1) is 5.77. The first kappa shape index (κ1) is 12.7. The van der Waals surface area contributed by atoms with Gasteiger partial charge in [0.15, 0.2) is 0 Å². The number of halogens is 2. The number of pyridine rings is 1. The van der Waals surface area contributed by atoms with Crippen molar-refractivity contribution < 1.29 is 0 Å². The first-order valence-electron chi connectivity index (χ1n) is 3.34. The standard InChI is InChI=1S/C7H5N3O2.2ClH/c11-6-4-1-2-8-3-5(4)9-7(12)10-6;;/h1-3H,(H2,9,10,11,12);2*1H. The molecule has 14 heavy (non-hydrogen) atoms. The molecule has 2 heterocycles. The number of aromatic amines is 2. The zero-order chi connectivity index (χ0) is 8.55. The lowest BCUT2D eigenvalue weighted by Crippen LogP contribution is -2.21. The van der Waals surface area contributed by atoms with Crippen LogP contribution in [-0.2, 0) is 0 Å². The minimum absolute atomic E-state index is 0. The molecular weight excluding hydrogens is 229 g/mol. The largest absolute Gasteiger partial charge is 0.326 e. The Morgan fingerprint density at radius 3 is 2.57 bits per heavy atom. The van der Waals surface area contributed by atoms with Gasteiger partial charge in [0, 0.05) is 6.20 Å². The fourth-order valence-corrected chi connectivity index (χ4v) is 1.02. The van der Waals surface area contributed by atoms with E-state index >= 15 is 0 Å². The molecule has 0 fully saturated rings. The van der Waals surface area contributed by atoms with Gasteiger partial charge in [-0.05, 0) is 6.07 Å². The summed E-state index contributed by atoms with van der Waals surface area (Å²) in [5, 5.41) is 0.435. The molecule has 2 aromatic rings. The Hall–Kier alpha value is -1.33. The second-order valence-corrected chi connectivity index (χ2v) is 2.33. The van der Waals surface area contributed by atoms with Crippen molar-refractivity contribution >= 4 is 35.7 Å². The fourth-order valence-electron chi connectivity index (χ4n) is 1.02. The van der Waals surface area contributed by atoms with Crippen LogP contribution < -0.4 is 11.2 Å². The van der Waals surface area contributed by atoms with E-state index in [0.29, 0.717) is 10.9 Å². The number of aromatic nitrogens is 3. The van der Waals surface area contributed by atoms with Gasteiger partial charge in [0.05, 0.1) is 17.1 Å². The number of H-pyrrole nitrogens is 2. The number of rotatable bonds is 0. The summed E-state index contributed by atoms with van der Waals surface area (Å²) in [7, 11) is 0. The molecule has 0 atom stereocenters. The topological polar surface area (TPSA) is 78.6 Å². The highest BCUT2D eigenvalue weighted by atomic mass is 35.5. The first-order valence-corrected chi connectivity index (χ1v) is 3.34. The predicted molar refractivity (Wildman–Crippen MR) is 57.5 cm³/mol. The van der Waals surface area contributed by atoms with Crippen LogP contribution in [0, 0.1) is 0 Å². The molecule has 5 nitrogen and oxygen atoms in total. The molecule has 0 amide bonds. The zero-order valence-electron chi connectivity index (χ0n) is 6.81. The van der Waals surface area contributed by atoms with Gasteiger partial charge in [-0.25, -0.2) is 4.79 Å². The highest BCUT2D eigenvalue weighted by molar-refractivity contribution is 5.85. The maximum atomic E-state index is 11.1. The van der Waals surface area contributed by atoms with E-state index in [2.05, 4.69) is 15.0 Å². The Morgan fingerprint density at radius 2 is 1.86 bits per heavy atom. The molecule has 0 aliphatic rings. The van der Waals surface area contributed by atoms with Crippen molar-refractivity contribution in [2.75, 3.05) is 0 Å². The van der Waals surface area contributed by atoms with E-state index in [1.165, 1.54) is 12.4 Å². The maximum Gasteiger partial charge on any atom is 0.326 e. The van der Waals surface area contributed by atoms with Gasteiger partial charge in [-0.1, -0.05) is 0 Å². The molecule has 0 aliphatic heterocycles. The van der Waals surface area contributed by atoms with E-state index in [-0.39, 0.29) is 24.8 Å². The molecule has 0 saturated heterocycles. The molecule has 76 valence electrons. The molecule has 2 N–H and O–H groups in total. The van der Waals surface area contributed by atoms with Crippen LogP contribution in [0.15, 0.2) is 28.0 Å². The van der Waals surface area contributed by atoms with Crippen molar-refractivity contribution in [1.29, 1.82) is 0 Å². The van der Waals surface area contributed by atoms with E-state index in [1.807, 2.05) is 0 Å². The van der Waals surface area contributed by atoms with Gasteiger partial charge in [0.2, 0.25) is 0 Å². The molecule has 0 radical (unpaired) electrons. The van der Waals surface area contributed by atoms with Crippen molar-refractivity contribution in [1.82, 2.24) is 15.0 Å². The third-order valence-electron chi connectivity index (χ3n) is 1.54. The smallest absolute Gasteiger partial charge is 0.305 e. The predicted octanol–water partition coefficient (Wildman–Crippen LogP) is 0.455. The van der Waals surface area contributed by atoms with E-state index in [0.717, 1.165) is 0 Å². The summed E-state index contributed by atoms with van der Waals surface area (Å²) in [6.07, 6.45) is 2.93. The molecular formula is C7H7Cl2N3O2. The summed E-state index contributed by atoms with van der Waals surface area (Å²) in [5.74, 6) is 0. The number of hydrogen-bond acceptors (Lipinski definition) is 3. The normalized spacial score (nSPS) is 8.86. The van der Waals surface area contributed by atoms with E-state index in [4.69, 9.17) is 0 Å². The summed E-state index contributed by atoms with van der Waals surface area (Å²) in [5.41, 5.74) is -0.456. The Labute approximate surface area is 90.4 Å². The van der Waals surface area contributed by atoms with Crippen LogP contribution >= 0.6 is 24.8 Å². The Morgan fingerprint density at radius 1 is 1.14 bits per heavy atom. The molecule has 0 spiro atoms. The summed E-state index contributed by atoms with van der Waals surface area (Å²) in [6, 6.07) is 1.55. The molecule has 2 rings (SSSR count). The Kier molecular flexibility index (Phi) is 4.33. The van der Waals surface area contributed by atoms with Crippen LogP contribution in [0.1, 0.15) is 0 Å². The van der Waals surface area contributed by atoms with Gasteiger partial charge in [0.1, 0.15) is 0 Å². The lowest BCUT2D eigenvalue weighted by atomic mass is 10.3. The third kappa shape index (κ3) is 2.12. The number of hydrogen-bond donors (Lipinski definition) is 2. The average Bonchev–Trinajstić information content (AvgIpc) is 2.04. The van der Waals surface area contributed by atoms with Gasteiger partial charge in [-0.3, -0.25) is 14.8 Å². The lowest BCUT2D eigenvalue weighted by Gasteiger charge is -1.92. The van der Waals surface area contributed by atoms with E-state index in [9.17, 15) is 9.59 Å². The molecule has 0 aromatic carbocycles. The molecule has 0 aliphatic carbocycles. The minimum atomic E-state index is -0.513. The van der Waals surface area contributed by atoms with Gasteiger partial charge in [-0.15, -0.1) is 24.8 Å². The van der Waals surface area contributed by atoms with E-state index < -0.39 is 11.2 Å². The lowest BCUT2D eigenvalue weighted by molar-refractivity contribution is 1.07. The summed E-state index contributed by atoms with van der Waals surface area (Å²) >= 11 is 0. The minimum Gasteiger partial charge on any atom is -0.305 e. The number of nitrogens with one attached hydrogen (secondary N) is 2. The molecule has 0 bridgehead atoms. The molecule has 7 heteroatoms. The van der Waals surface area contributed by atoms with Crippen LogP contribution in [0.4, 0.5) is 0 Å². The third-order valence-corrected chi connectivity index (χ3v) is 1.54. The molecule has 2 aromatic heterocycles. The highest BCUT2D eigenvalue weighted by Crippen LogP contribution is 1.98. The fraction of sp³-hybridized carbons (Fsp3) is 0. The van der Waals surface area contributed by atoms with Gasteiger partial charge >= 0.3 is 5.69 Å². The van der Waals surface area contributed by atoms with Gasteiger partial charge in [0.25, 0.3) is 5.56 Å². The Bertz CT molecular complexity index is 534. The second-order valence-electron chi connectivity index (χ2n) is 2.33. The van der Waals surface area contributed by atoms with Crippen LogP contribution in [0.25, 0.3) is 10.9 Å². The Balaban J connectivity index is 0.000000845. The van der Waals surface area contributed by atoms with Crippen molar-refractivity contribution in [2.24, 2.45) is 0 Å². The van der Waals surface area contributed by atoms with Gasteiger partial charge in [-0.2, -0.15) is 0 Å².